The van der Waals surface area contributed by atoms with Gasteiger partial charge in [-0.15, -0.1) is 0 Å². The van der Waals surface area contributed by atoms with Crippen molar-refractivity contribution >= 4 is 40.0 Å². The lowest BCUT2D eigenvalue weighted by Crippen LogP contribution is -2.36. The Morgan fingerprint density at radius 2 is 1.83 bits per heavy atom. The smallest absolute Gasteiger partial charge is 0.387 e. The molecule has 1 aromatic heterocycles. The first-order chi connectivity index (χ1) is 13.5. The van der Waals surface area contributed by atoms with E-state index in [1.165, 1.54) is 13.1 Å². The maximum Gasteiger partial charge on any atom is 0.488 e. The number of nitrogens with two attached hydrogens (primary N) is 1. The predicted octanol–water partition coefficient (Wildman–Crippen LogP) is -1.79. The molecule has 172 valence electrons. The molecule has 8 N–H and O–H groups in total. The Bertz CT molecular complexity index is 997. The van der Waals surface area contributed by atoms with Crippen LogP contribution in [0.4, 0.5) is 5.82 Å². The van der Waals surface area contributed by atoms with Gasteiger partial charge in [-0.3, -0.25) is 4.57 Å². The predicted molar refractivity (Wildman–Crippen MR) is 100 cm³/mol. The Kier molecular flexibility index (Phi) is 7.78. The summed E-state index contributed by atoms with van der Waals surface area (Å²) in [6.45, 7) is -3.91. The minimum absolute atomic E-state index is 0.0479. The largest absolute Gasteiger partial charge is 0.488 e. The summed E-state index contributed by atoms with van der Waals surface area (Å²) in [5.41, 5.74) is 5.00. The van der Waals surface area contributed by atoms with Crippen LogP contribution in [0.15, 0.2) is 11.0 Å². The molecule has 1 aliphatic rings. The highest BCUT2D eigenvalue weighted by atomic mass is 32.5. The van der Waals surface area contributed by atoms with Gasteiger partial charge < -0.3 is 44.8 Å². The van der Waals surface area contributed by atoms with E-state index in [0.29, 0.717) is 5.56 Å². The zero-order valence-electron chi connectivity index (χ0n) is 14.9. The van der Waals surface area contributed by atoms with Crippen LogP contribution in [0.25, 0.3) is 0 Å². The van der Waals surface area contributed by atoms with Crippen LogP contribution in [0.1, 0.15) is 11.8 Å². The van der Waals surface area contributed by atoms with Crippen LogP contribution in [-0.2, 0) is 38.8 Å². The fraction of sp³-hybridized carbons (Fsp3) is 0.600. The van der Waals surface area contributed by atoms with E-state index in [-0.39, 0.29) is 5.82 Å². The van der Waals surface area contributed by atoms with Crippen LogP contribution in [0.3, 0.4) is 0 Å². The number of aliphatic hydroxyl groups excluding tert-OH is 2. The first kappa shape index (κ1) is 25.6. The normalized spacial score (nSPS) is 28.8. The lowest BCUT2D eigenvalue weighted by Gasteiger charge is -2.21. The zero-order chi connectivity index (χ0) is 23.1. The van der Waals surface area contributed by atoms with E-state index < -0.39 is 59.2 Å². The van der Waals surface area contributed by atoms with E-state index in [2.05, 4.69) is 25.4 Å². The molecule has 0 aromatic carbocycles. The number of aliphatic hydroxyl groups is 2. The number of nitrogens with zero attached hydrogens (tertiary/aromatic N) is 2. The van der Waals surface area contributed by atoms with E-state index in [9.17, 15) is 33.9 Å². The van der Waals surface area contributed by atoms with Crippen LogP contribution < -0.4 is 11.4 Å². The molecule has 0 aliphatic carbocycles. The van der Waals surface area contributed by atoms with Crippen LogP contribution >= 0.6 is 22.4 Å². The van der Waals surface area contributed by atoms with Crippen LogP contribution in [0.2, 0.25) is 0 Å². The van der Waals surface area contributed by atoms with Gasteiger partial charge in [0.25, 0.3) is 0 Å². The number of anilines is 1. The van der Waals surface area contributed by atoms with Crippen LogP contribution in [0.5, 0.6) is 0 Å². The Morgan fingerprint density at radius 3 is 2.40 bits per heavy atom. The van der Waals surface area contributed by atoms with Gasteiger partial charge in [0.1, 0.15) is 24.1 Å². The maximum absolute atomic E-state index is 12.0. The van der Waals surface area contributed by atoms with Crippen LogP contribution in [0, 0.1) is 6.92 Å². The number of phosphoric acid groups is 2. The third-order valence-corrected chi connectivity index (χ3v) is 8.32. The van der Waals surface area contributed by atoms with Gasteiger partial charge in [0, 0.05) is 11.8 Å². The molecule has 16 nitrogen and oxygen atoms in total. The second-order valence-electron chi connectivity index (χ2n) is 5.93. The maximum atomic E-state index is 12.0. The fourth-order valence-electron chi connectivity index (χ4n) is 2.33. The van der Waals surface area contributed by atoms with Gasteiger partial charge in [-0.2, -0.15) is 9.29 Å². The second-order valence-corrected chi connectivity index (χ2v) is 11.7. The zero-order valence-corrected chi connectivity index (χ0v) is 18.4. The van der Waals surface area contributed by atoms with Crippen molar-refractivity contribution in [1.82, 2.24) is 9.55 Å². The van der Waals surface area contributed by atoms with Gasteiger partial charge in [-0.25, -0.2) is 18.2 Å². The van der Waals surface area contributed by atoms with E-state index in [4.69, 9.17) is 24.8 Å². The van der Waals surface area contributed by atoms with Crippen molar-refractivity contribution in [2.45, 2.75) is 31.5 Å². The van der Waals surface area contributed by atoms with Gasteiger partial charge in [-0.05, 0) is 18.7 Å². The third-order valence-electron chi connectivity index (χ3n) is 3.60. The molecule has 1 fully saturated rings. The van der Waals surface area contributed by atoms with Gasteiger partial charge >= 0.3 is 28.1 Å². The molecule has 3 unspecified atom stereocenters. The number of aryl methyl sites for hydroxylation is 1. The molecular formula is C10H18N3O13P3S. The number of hydrogen-bond acceptors (Lipinski definition) is 12. The second kappa shape index (κ2) is 9.10. The lowest BCUT2D eigenvalue weighted by molar-refractivity contribution is -0.0526. The molecular weight excluding hydrogens is 495 g/mol. The van der Waals surface area contributed by atoms with Crippen molar-refractivity contribution in [3.63, 3.8) is 0 Å². The molecule has 2 rings (SSSR count). The van der Waals surface area contributed by atoms with E-state index in [1.807, 2.05) is 0 Å². The molecule has 2 heterocycles. The van der Waals surface area contributed by atoms with Gasteiger partial charge in [-0.1, -0.05) is 0 Å². The molecule has 0 saturated carbocycles. The lowest BCUT2D eigenvalue weighted by atomic mass is 10.1. The molecule has 0 bridgehead atoms. The van der Waals surface area contributed by atoms with Crippen molar-refractivity contribution in [3.05, 3.63) is 22.2 Å². The molecule has 0 spiro atoms. The number of aromatic nitrogens is 2. The van der Waals surface area contributed by atoms with Crippen molar-refractivity contribution in [2.24, 2.45) is 0 Å². The fourth-order valence-corrected chi connectivity index (χ4v) is 6.30. The Hall–Kier alpha value is -0.610. The van der Waals surface area contributed by atoms with Gasteiger partial charge in [0.05, 0.1) is 6.61 Å². The minimum Gasteiger partial charge on any atom is -0.387 e. The molecule has 20 heteroatoms. The molecule has 30 heavy (non-hydrogen) atoms. The quantitative estimate of drug-likeness (QED) is 0.190. The summed E-state index contributed by atoms with van der Waals surface area (Å²) in [4.78, 5) is 51.6. The van der Waals surface area contributed by atoms with Crippen molar-refractivity contribution in [2.75, 3.05) is 12.3 Å². The highest BCUT2D eigenvalue weighted by molar-refractivity contribution is 8.08. The number of nitrogen functional groups attached to an aromatic ring is 1. The first-order valence-corrected chi connectivity index (χ1v) is 13.3. The SMILES string of the molecule is Cc1cn([C@@H]2O[C@H](COP(O)(=S)OP(=O)(O)OP(=O)(O)O)C(O)[C@@H]2O)c(=O)nc1N. The average molecular weight is 513 g/mol. The summed E-state index contributed by atoms with van der Waals surface area (Å²) in [5, 5.41) is 20.3. The van der Waals surface area contributed by atoms with Gasteiger partial charge in [0.2, 0.25) is 0 Å². The average Bonchev–Trinajstić information content (AvgIpc) is 2.81. The van der Waals surface area contributed by atoms with E-state index >= 15 is 0 Å². The Labute approximate surface area is 172 Å². The summed E-state index contributed by atoms with van der Waals surface area (Å²) in [7, 11) is -11.0. The Morgan fingerprint density at radius 1 is 1.23 bits per heavy atom. The van der Waals surface area contributed by atoms with Crippen molar-refractivity contribution in [1.29, 1.82) is 0 Å². The minimum atomic E-state index is -5.51. The number of hydrogen-bond donors (Lipinski definition) is 7. The standard InChI is InChI=1S/C10H18N3O13P3S/c1-4-2-13(10(16)12-8(4)11)9-7(15)6(14)5(24-9)3-23-29(22,30)26-28(20,21)25-27(17,18)19/h2,5-7,9,14-15H,3H2,1H3,(H,20,21)(H,22,30)(H2,11,12,16)(H2,17,18,19)/t5-,6?,7+,9-,29?/m1/s1. The molecule has 1 aliphatic heterocycles. The van der Waals surface area contributed by atoms with E-state index in [0.717, 1.165) is 4.57 Å². The van der Waals surface area contributed by atoms with Crippen molar-refractivity contribution < 1.29 is 56.8 Å². The summed E-state index contributed by atoms with van der Waals surface area (Å²) >= 11 is 4.44. The molecule has 0 amide bonds. The molecule has 6 atom stereocenters. The molecule has 0 radical (unpaired) electrons. The highest BCUT2D eigenvalue weighted by Crippen LogP contribution is 2.66. The highest BCUT2D eigenvalue weighted by Gasteiger charge is 2.46. The number of rotatable bonds is 8. The first-order valence-electron chi connectivity index (χ1n) is 7.66. The summed E-state index contributed by atoms with van der Waals surface area (Å²) in [6, 6.07) is 0. The van der Waals surface area contributed by atoms with Gasteiger partial charge in [0.15, 0.2) is 6.23 Å². The topological polar surface area (TPSA) is 253 Å². The monoisotopic (exact) mass is 513 g/mol. The van der Waals surface area contributed by atoms with E-state index in [1.54, 1.807) is 0 Å². The Balaban J connectivity index is 2.09. The number of ether oxygens (including phenoxy) is 1. The molecule has 1 saturated heterocycles. The molecule has 1 aromatic rings. The third kappa shape index (κ3) is 6.69. The summed E-state index contributed by atoms with van der Waals surface area (Å²) in [6.07, 6.45) is -4.92. The van der Waals surface area contributed by atoms with Crippen LogP contribution in [-0.4, -0.2) is 64.3 Å². The van der Waals surface area contributed by atoms with Crippen molar-refractivity contribution in [3.8, 4) is 0 Å². The summed E-state index contributed by atoms with van der Waals surface area (Å²) in [5.74, 6) is -0.0479. The summed E-state index contributed by atoms with van der Waals surface area (Å²) < 4.78 is 40.5.